The number of hydrogen-bond acceptors (Lipinski definition) is 2. The van der Waals surface area contributed by atoms with Gasteiger partial charge in [0.1, 0.15) is 0 Å². The van der Waals surface area contributed by atoms with Gasteiger partial charge < -0.3 is 10.0 Å². The van der Waals surface area contributed by atoms with Crippen LogP contribution in [0.2, 0.25) is 5.02 Å². The van der Waals surface area contributed by atoms with Crippen LogP contribution in [0.15, 0.2) is 18.2 Å². The van der Waals surface area contributed by atoms with E-state index in [1.165, 1.54) is 0 Å². The van der Waals surface area contributed by atoms with Crippen molar-refractivity contribution in [3.05, 3.63) is 34.3 Å². The van der Waals surface area contributed by atoms with Crippen LogP contribution < -0.4 is 0 Å². The second kappa shape index (κ2) is 6.40. The van der Waals surface area contributed by atoms with Crippen molar-refractivity contribution < 1.29 is 9.90 Å². The number of carbonyl (C=O) groups is 1. The van der Waals surface area contributed by atoms with E-state index in [1.54, 1.807) is 12.1 Å². The van der Waals surface area contributed by atoms with Crippen LogP contribution in [0.1, 0.15) is 41.6 Å². The molecule has 0 radical (unpaired) electrons. The van der Waals surface area contributed by atoms with Gasteiger partial charge in [0.05, 0.1) is 0 Å². The number of rotatable bonds is 4. The fourth-order valence-corrected chi connectivity index (χ4v) is 2.98. The monoisotopic (exact) mass is 281 g/mol. The Morgan fingerprint density at radius 1 is 1.53 bits per heavy atom. The zero-order valence-electron chi connectivity index (χ0n) is 11.2. The van der Waals surface area contributed by atoms with Crippen LogP contribution in [0.25, 0.3) is 0 Å². The Morgan fingerprint density at radius 3 is 3.00 bits per heavy atom. The number of benzene rings is 1. The third-order valence-electron chi connectivity index (χ3n) is 3.75. The summed E-state index contributed by atoms with van der Waals surface area (Å²) in [5.41, 5.74) is 1.66. The van der Waals surface area contributed by atoms with Crippen molar-refractivity contribution in [1.82, 2.24) is 4.90 Å². The predicted molar refractivity (Wildman–Crippen MR) is 76.6 cm³/mol. The molecular weight excluding hydrogens is 262 g/mol. The Kier molecular flexibility index (Phi) is 4.83. The van der Waals surface area contributed by atoms with Gasteiger partial charge in [0.25, 0.3) is 5.91 Å². The van der Waals surface area contributed by atoms with Crippen molar-refractivity contribution in [2.24, 2.45) is 0 Å². The highest BCUT2D eigenvalue weighted by Crippen LogP contribution is 2.25. The van der Waals surface area contributed by atoms with E-state index in [0.29, 0.717) is 5.02 Å². The van der Waals surface area contributed by atoms with Crippen molar-refractivity contribution in [1.29, 1.82) is 0 Å². The average molecular weight is 282 g/mol. The Bertz CT molecular complexity index is 461. The fourth-order valence-electron chi connectivity index (χ4n) is 2.75. The highest BCUT2D eigenvalue weighted by Gasteiger charge is 2.29. The number of aliphatic hydroxyl groups is 1. The van der Waals surface area contributed by atoms with Crippen LogP contribution in [0.3, 0.4) is 0 Å². The SMILES string of the molecule is Cc1cc(Cl)ccc1C(=O)N1CCCC1CCCO. The Labute approximate surface area is 119 Å². The van der Waals surface area contributed by atoms with E-state index in [0.717, 1.165) is 43.4 Å². The standard InChI is InChI=1S/C15H20ClNO2/c1-11-10-12(16)6-7-14(11)15(19)17-8-2-4-13(17)5-3-9-18/h6-7,10,13,18H,2-5,8-9H2,1H3. The number of hydrogen-bond donors (Lipinski definition) is 1. The third kappa shape index (κ3) is 3.28. The lowest BCUT2D eigenvalue weighted by Gasteiger charge is -2.25. The van der Waals surface area contributed by atoms with Gasteiger partial charge in [0.2, 0.25) is 0 Å². The molecule has 0 spiro atoms. The van der Waals surface area contributed by atoms with E-state index < -0.39 is 0 Å². The summed E-state index contributed by atoms with van der Waals surface area (Å²) in [6, 6.07) is 5.67. The highest BCUT2D eigenvalue weighted by atomic mass is 35.5. The molecule has 1 aromatic carbocycles. The van der Waals surface area contributed by atoms with Gasteiger partial charge in [0, 0.05) is 29.8 Å². The minimum Gasteiger partial charge on any atom is -0.396 e. The van der Waals surface area contributed by atoms with Crippen molar-refractivity contribution in [3.63, 3.8) is 0 Å². The van der Waals surface area contributed by atoms with E-state index >= 15 is 0 Å². The number of amides is 1. The van der Waals surface area contributed by atoms with Crippen molar-refractivity contribution in [3.8, 4) is 0 Å². The first kappa shape index (κ1) is 14.4. The molecule has 1 atom stereocenters. The number of halogens is 1. The number of aliphatic hydroxyl groups excluding tert-OH is 1. The smallest absolute Gasteiger partial charge is 0.254 e. The van der Waals surface area contributed by atoms with Gasteiger partial charge in [-0.25, -0.2) is 0 Å². The number of nitrogens with zero attached hydrogens (tertiary/aromatic N) is 1. The molecule has 1 heterocycles. The molecule has 1 aliphatic rings. The van der Waals surface area contributed by atoms with Crippen LogP contribution in [0.5, 0.6) is 0 Å². The molecular formula is C15H20ClNO2. The van der Waals surface area contributed by atoms with Crippen LogP contribution in [0, 0.1) is 6.92 Å². The summed E-state index contributed by atoms with van der Waals surface area (Å²) in [6.45, 7) is 2.92. The zero-order chi connectivity index (χ0) is 13.8. The Morgan fingerprint density at radius 2 is 2.32 bits per heavy atom. The molecule has 2 rings (SSSR count). The molecule has 1 N–H and O–H groups in total. The summed E-state index contributed by atoms with van der Waals surface area (Å²) in [6.07, 6.45) is 3.73. The van der Waals surface area contributed by atoms with E-state index in [-0.39, 0.29) is 18.6 Å². The predicted octanol–water partition coefficient (Wildman–Crippen LogP) is 3.03. The van der Waals surface area contributed by atoms with Crippen molar-refractivity contribution in [2.75, 3.05) is 13.2 Å². The lowest BCUT2D eigenvalue weighted by Crippen LogP contribution is -2.36. The second-order valence-electron chi connectivity index (χ2n) is 5.12. The molecule has 104 valence electrons. The average Bonchev–Trinajstić information content (AvgIpc) is 2.83. The normalized spacial score (nSPS) is 18.9. The van der Waals surface area contributed by atoms with E-state index in [4.69, 9.17) is 16.7 Å². The molecule has 3 nitrogen and oxygen atoms in total. The van der Waals surface area contributed by atoms with Crippen molar-refractivity contribution >= 4 is 17.5 Å². The van der Waals surface area contributed by atoms with Gasteiger partial charge in [-0.2, -0.15) is 0 Å². The second-order valence-corrected chi connectivity index (χ2v) is 5.56. The molecule has 0 aliphatic carbocycles. The van der Waals surface area contributed by atoms with Crippen LogP contribution >= 0.6 is 11.6 Å². The maximum atomic E-state index is 12.6. The summed E-state index contributed by atoms with van der Waals surface area (Å²) < 4.78 is 0. The van der Waals surface area contributed by atoms with E-state index in [1.807, 2.05) is 17.9 Å². The molecule has 19 heavy (non-hydrogen) atoms. The van der Waals surface area contributed by atoms with Crippen molar-refractivity contribution in [2.45, 2.75) is 38.6 Å². The Balaban J connectivity index is 2.13. The topological polar surface area (TPSA) is 40.5 Å². The van der Waals surface area contributed by atoms with Gasteiger partial charge in [-0.1, -0.05) is 11.6 Å². The van der Waals surface area contributed by atoms with Gasteiger partial charge in [-0.15, -0.1) is 0 Å². The minimum atomic E-state index is 0.0922. The first-order chi connectivity index (χ1) is 9.13. The zero-order valence-corrected chi connectivity index (χ0v) is 12.0. The minimum absolute atomic E-state index is 0.0922. The number of carbonyl (C=O) groups excluding carboxylic acids is 1. The summed E-state index contributed by atoms with van der Waals surface area (Å²) in [5.74, 6) is 0.0922. The van der Waals surface area contributed by atoms with Gasteiger partial charge >= 0.3 is 0 Å². The molecule has 1 saturated heterocycles. The van der Waals surface area contributed by atoms with Crippen LogP contribution in [-0.2, 0) is 0 Å². The maximum absolute atomic E-state index is 12.6. The molecule has 1 aliphatic heterocycles. The van der Waals surface area contributed by atoms with E-state index in [2.05, 4.69) is 0 Å². The first-order valence-corrected chi connectivity index (χ1v) is 7.19. The molecule has 0 aromatic heterocycles. The third-order valence-corrected chi connectivity index (χ3v) is 3.99. The number of aryl methyl sites for hydroxylation is 1. The summed E-state index contributed by atoms with van der Waals surface area (Å²) in [4.78, 5) is 14.5. The lowest BCUT2D eigenvalue weighted by molar-refractivity contribution is 0.0724. The summed E-state index contributed by atoms with van der Waals surface area (Å²) >= 11 is 5.93. The van der Waals surface area contributed by atoms with Crippen LogP contribution in [0.4, 0.5) is 0 Å². The van der Waals surface area contributed by atoms with Gasteiger partial charge in [0.15, 0.2) is 0 Å². The fraction of sp³-hybridized carbons (Fsp3) is 0.533. The molecule has 0 saturated carbocycles. The Hall–Kier alpha value is -1.06. The molecule has 1 fully saturated rings. The summed E-state index contributed by atoms with van der Waals surface area (Å²) in [5, 5.41) is 9.58. The summed E-state index contributed by atoms with van der Waals surface area (Å²) in [7, 11) is 0. The molecule has 1 aromatic rings. The molecule has 4 heteroatoms. The number of likely N-dealkylation sites (tertiary alicyclic amines) is 1. The largest absolute Gasteiger partial charge is 0.396 e. The first-order valence-electron chi connectivity index (χ1n) is 6.81. The quantitative estimate of drug-likeness (QED) is 0.922. The molecule has 1 unspecified atom stereocenters. The van der Waals surface area contributed by atoms with E-state index in [9.17, 15) is 4.79 Å². The van der Waals surface area contributed by atoms with Crippen LogP contribution in [-0.4, -0.2) is 35.1 Å². The highest BCUT2D eigenvalue weighted by molar-refractivity contribution is 6.30. The molecule has 1 amide bonds. The maximum Gasteiger partial charge on any atom is 0.254 e. The lowest BCUT2D eigenvalue weighted by atomic mass is 10.1. The van der Waals surface area contributed by atoms with Gasteiger partial charge in [-0.05, 0) is 56.4 Å². The van der Waals surface area contributed by atoms with Gasteiger partial charge in [-0.3, -0.25) is 4.79 Å². The molecule has 0 bridgehead atoms.